The normalized spacial score (nSPS) is 11.8. The summed E-state index contributed by atoms with van der Waals surface area (Å²) in [6.07, 6.45) is -0.683. The molecule has 128 valence electrons. The van der Waals surface area contributed by atoms with Crippen LogP contribution in [0.15, 0.2) is 30.3 Å². The molecule has 0 aliphatic carbocycles. The van der Waals surface area contributed by atoms with Crippen molar-refractivity contribution in [2.45, 2.75) is 33.4 Å². The molecule has 6 nitrogen and oxygen atoms in total. The van der Waals surface area contributed by atoms with Gasteiger partial charge in [0, 0.05) is 17.8 Å². The molecule has 0 aliphatic heterocycles. The molecule has 1 aromatic carbocycles. The molecule has 2 rings (SSSR count). The number of H-pyrrole nitrogens is 1. The number of esters is 1. The lowest BCUT2D eigenvalue weighted by atomic mass is 10.1. The van der Waals surface area contributed by atoms with Crippen molar-refractivity contribution in [2.24, 2.45) is 0 Å². The Morgan fingerprint density at radius 1 is 1.25 bits per heavy atom. The van der Waals surface area contributed by atoms with Crippen LogP contribution in [0.5, 0.6) is 0 Å². The number of hydrogen-bond donors (Lipinski definition) is 3. The molecule has 0 saturated heterocycles. The maximum atomic E-state index is 12.1. The van der Waals surface area contributed by atoms with Gasteiger partial charge in [0.25, 0.3) is 5.91 Å². The van der Waals surface area contributed by atoms with Gasteiger partial charge in [0.2, 0.25) is 0 Å². The Bertz CT molecular complexity index is 720. The second kappa shape index (κ2) is 7.79. The minimum atomic E-state index is -0.683. The number of rotatable bonds is 6. The van der Waals surface area contributed by atoms with Crippen LogP contribution in [0.2, 0.25) is 0 Å². The first-order valence-electron chi connectivity index (χ1n) is 7.75. The van der Waals surface area contributed by atoms with E-state index in [1.165, 1.54) is 0 Å². The molecular formula is C18H22N2O4. The van der Waals surface area contributed by atoms with Gasteiger partial charge in [0.1, 0.15) is 5.69 Å². The van der Waals surface area contributed by atoms with Crippen LogP contribution in [0.1, 0.15) is 45.9 Å². The molecule has 3 N–H and O–H groups in total. The van der Waals surface area contributed by atoms with Crippen LogP contribution in [0, 0.1) is 13.8 Å². The molecule has 0 aliphatic rings. The third-order valence-corrected chi connectivity index (χ3v) is 3.78. The number of aromatic nitrogens is 1. The van der Waals surface area contributed by atoms with Crippen molar-refractivity contribution in [3.05, 3.63) is 58.4 Å². The van der Waals surface area contributed by atoms with Gasteiger partial charge in [-0.25, -0.2) is 4.79 Å². The Labute approximate surface area is 140 Å². The highest BCUT2D eigenvalue weighted by molar-refractivity contribution is 5.91. The fourth-order valence-corrected chi connectivity index (χ4v) is 2.65. The van der Waals surface area contributed by atoms with Gasteiger partial charge in [-0.15, -0.1) is 0 Å². The number of carbonyl (C=O) groups is 2. The van der Waals surface area contributed by atoms with Crippen LogP contribution in [0.3, 0.4) is 0 Å². The molecule has 1 atom stereocenters. The highest BCUT2D eigenvalue weighted by Gasteiger charge is 2.21. The van der Waals surface area contributed by atoms with Crippen LogP contribution in [-0.4, -0.2) is 28.6 Å². The molecule has 24 heavy (non-hydrogen) atoms. The van der Waals surface area contributed by atoms with E-state index in [-0.39, 0.29) is 18.2 Å². The van der Waals surface area contributed by atoms with Crippen molar-refractivity contribution < 1.29 is 19.4 Å². The van der Waals surface area contributed by atoms with Crippen molar-refractivity contribution in [1.29, 1.82) is 0 Å². The first-order valence-corrected chi connectivity index (χ1v) is 7.75. The maximum Gasteiger partial charge on any atom is 0.355 e. The standard InChI is InChI=1S/C18H22N2O4/c1-11-16(13(3)21)12(2)20-17(11)18(23)24-10-15(22)19-9-14-7-5-4-6-8-14/h4-8,13,20-21H,9-10H2,1-3H3,(H,19,22)/t13-/m0/s1. The number of ether oxygens (including phenoxy) is 1. The zero-order valence-corrected chi connectivity index (χ0v) is 14.1. The summed E-state index contributed by atoms with van der Waals surface area (Å²) in [5.41, 5.74) is 3.25. The number of aryl methyl sites for hydroxylation is 1. The average Bonchev–Trinajstić information content (AvgIpc) is 2.86. The molecule has 0 radical (unpaired) electrons. The van der Waals surface area contributed by atoms with Crippen LogP contribution < -0.4 is 5.32 Å². The number of nitrogens with one attached hydrogen (secondary N) is 2. The second-order valence-corrected chi connectivity index (χ2v) is 5.68. The van der Waals surface area contributed by atoms with E-state index >= 15 is 0 Å². The summed E-state index contributed by atoms with van der Waals surface area (Å²) in [6.45, 7) is 5.17. The lowest BCUT2D eigenvalue weighted by Crippen LogP contribution is -2.28. The van der Waals surface area contributed by atoms with Crippen LogP contribution in [0.25, 0.3) is 0 Å². The Morgan fingerprint density at radius 2 is 1.92 bits per heavy atom. The summed E-state index contributed by atoms with van der Waals surface area (Å²) in [4.78, 5) is 26.8. The first-order chi connectivity index (χ1) is 11.4. The molecule has 0 unspecified atom stereocenters. The smallest absolute Gasteiger partial charge is 0.355 e. The van der Waals surface area contributed by atoms with Gasteiger partial charge in [-0.05, 0) is 31.9 Å². The van der Waals surface area contributed by atoms with Gasteiger partial charge in [-0.2, -0.15) is 0 Å². The number of aromatic amines is 1. The number of aliphatic hydroxyl groups is 1. The van der Waals surface area contributed by atoms with Crippen LogP contribution in [-0.2, 0) is 16.1 Å². The summed E-state index contributed by atoms with van der Waals surface area (Å²) in [7, 11) is 0. The van der Waals surface area contributed by atoms with Gasteiger partial charge in [-0.1, -0.05) is 30.3 Å². The van der Waals surface area contributed by atoms with Crippen molar-refractivity contribution >= 4 is 11.9 Å². The van der Waals surface area contributed by atoms with Crippen molar-refractivity contribution in [3.63, 3.8) is 0 Å². The first kappa shape index (κ1) is 17.7. The topological polar surface area (TPSA) is 91.4 Å². The predicted molar refractivity (Wildman–Crippen MR) is 89.5 cm³/mol. The zero-order valence-electron chi connectivity index (χ0n) is 14.1. The van der Waals surface area contributed by atoms with Gasteiger partial charge in [-0.3, -0.25) is 4.79 Å². The van der Waals surface area contributed by atoms with E-state index in [1.807, 2.05) is 30.3 Å². The minimum absolute atomic E-state index is 0.263. The Hall–Kier alpha value is -2.60. The number of carbonyl (C=O) groups excluding carboxylic acids is 2. The SMILES string of the molecule is Cc1[nH]c(C(=O)OCC(=O)NCc2ccccc2)c(C)c1[C@H](C)O. The monoisotopic (exact) mass is 330 g/mol. The van der Waals surface area contributed by atoms with E-state index in [1.54, 1.807) is 20.8 Å². The van der Waals surface area contributed by atoms with E-state index in [0.717, 1.165) is 5.56 Å². The maximum absolute atomic E-state index is 12.1. The third kappa shape index (κ3) is 4.23. The van der Waals surface area contributed by atoms with E-state index in [4.69, 9.17) is 4.74 Å². The number of hydrogen-bond acceptors (Lipinski definition) is 4. The fraction of sp³-hybridized carbons (Fsp3) is 0.333. The largest absolute Gasteiger partial charge is 0.451 e. The zero-order chi connectivity index (χ0) is 17.7. The molecule has 2 aromatic rings. The molecule has 0 saturated carbocycles. The molecular weight excluding hydrogens is 308 g/mol. The van der Waals surface area contributed by atoms with E-state index < -0.39 is 12.1 Å². The number of amides is 1. The second-order valence-electron chi connectivity index (χ2n) is 5.68. The quantitative estimate of drug-likeness (QED) is 0.708. The van der Waals surface area contributed by atoms with E-state index in [9.17, 15) is 14.7 Å². The molecule has 1 amide bonds. The van der Waals surface area contributed by atoms with Gasteiger partial charge in [0.05, 0.1) is 6.10 Å². The summed E-state index contributed by atoms with van der Waals surface area (Å²) >= 11 is 0. The van der Waals surface area contributed by atoms with Crippen molar-refractivity contribution in [3.8, 4) is 0 Å². The van der Waals surface area contributed by atoms with Gasteiger partial charge in [0.15, 0.2) is 6.61 Å². The summed E-state index contributed by atoms with van der Waals surface area (Å²) in [6, 6.07) is 9.47. The molecule has 6 heteroatoms. The summed E-state index contributed by atoms with van der Waals surface area (Å²) < 4.78 is 5.04. The fourth-order valence-electron chi connectivity index (χ4n) is 2.65. The molecule has 1 aromatic heterocycles. The highest BCUT2D eigenvalue weighted by Crippen LogP contribution is 2.24. The Kier molecular flexibility index (Phi) is 5.76. The average molecular weight is 330 g/mol. The lowest BCUT2D eigenvalue weighted by Gasteiger charge is -2.07. The van der Waals surface area contributed by atoms with E-state index in [2.05, 4.69) is 10.3 Å². The van der Waals surface area contributed by atoms with Crippen molar-refractivity contribution in [2.75, 3.05) is 6.61 Å². The van der Waals surface area contributed by atoms with Crippen LogP contribution in [0.4, 0.5) is 0 Å². The highest BCUT2D eigenvalue weighted by atomic mass is 16.5. The molecule has 0 bridgehead atoms. The summed E-state index contributed by atoms with van der Waals surface area (Å²) in [5.74, 6) is -0.985. The lowest BCUT2D eigenvalue weighted by molar-refractivity contribution is -0.124. The third-order valence-electron chi connectivity index (χ3n) is 3.78. The predicted octanol–water partition coefficient (Wildman–Crippen LogP) is 2.16. The molecule has 0 spiro atoms. The Balaban J connectivity index is 1.89. The molecule has 0 fully saturated rings. The number of aliphatic hydroxyl groups excluding tert-OH is 1. The van der Waals surface area contributed by atoms with Crippen LogP contribution >= 0.6 is 0 Å². The Morgan fingerprint density at radius 3 is 2.50 bits per heavy atom. The van der Waals surface area contributed by atoms with Gasteiger partial charge >= 0.3 is 5.97 Å². The summed E-state index contributed by atoms with van der Waals surface area (Å²) in [5, 5.41) is 12.4. The van der Waals surface area contributed by atoms with Gasteiger partial charge < -0.3 is 20.1 Å². The minimum Gasteiger partial charge on any atom is -0.451 e. The van der Waals surface area contributed by atoms with E-state index in [0.29, 0.717) is 23.4 Å². The molecule has 1 heterocycles. The van der Waals surface area contributed by atoms with Crippen molar-refractivity contribution in [1.82, 2.24) is 10.3 Å². The number of benzene rings is 1.